The number of imide groups is 1. The van der Waals surface area contributed by atoms with E-state index in [9.17, 15) is 14.4 Å². The summed E-state index contributed by atoms with van der Waals surface area (Å²) in [6.07, 6.45) is 6.30. The SMILES string of the molecule is CCC(C)(C)C1CCC2(CC1)NC(=O)N(CC(=O)N1CCCC(NC)C1)C2=O. The summed E-state index contributed by atoms with van der Waals surface area (Å²) in [5.74, 6) is 0.220. The number of likely N-dealkylation sites (tertiary alicyclic amines) is 1. The summed E-state index contributed by atoms with van der Waals surface area (Å²) in [6, 6.07) is -0.127. The first-order valence-electron chi connectivity index (χ1n) is 10.8. The second kappa shape index (κ2) is 8.01. The Kier molecular flexibility index (Phi) is 6.03. The average molecular weight is 393 g/mol. The summed E-state index contributed by atoms with van der Waals surface area (Å²) >= 11 is 0. The van der Waals surface area contributed by atoms with Crippen LogP contribution in [0.1, 0.15) is 65.7 Å². The number of urea groups is 1. The van der Waals surface area contributed by atoms with E-state index in [1.165, 1.54) is 0 Å². The fourth-order valence-electron chi connectivity index (χ4n) is 5.01. The van der Waals surface area contributed by atoms with E-state index in [2.05, 4.69) is 31.4 Å². The third-order valence-electron chi connectivity index (χ3n) is 7.58. The van der Waals surface area contributed by atoms with E-state index in [0.29, 0.717) is 31.8 Å². The molecule has 0 radical (unpaired) electrons. The zero-order chi connectivity index (χ0) is 20.5. The van der Waals surface area contributed by atoms with Crippen molar-refractivity contribution in [2.24, 2.45) is 11.3 Å². The largest absolute Gasteiger partial charge is 0.340 e. The molecule has 2 aliphatic heterocycles. The number of piperidine rings is 1. The molecule has 4 amide bonds. The first-order valence-corrected chi connectivity index (χ1v) is 10.8. The fraction of sp³-hybridized carbons (Fsp3) is 0.857. The molecular formula is C21H36N4O3. The predicted molar refractivity (Wildman–Crippen MR) is 108 cm³/mol. The van der Waals surface area contributed by atoms with E-state index < -0.39 is 11.6 Å². The van der Waals surface area contributed by atoms with Crippen molar-refractivity contribution in [3.05, 3.63) is 0 Å². The van der Waals surface area contributed by atoms with Crippen molar-refractivity contribution in [1.82, 2.24) is 20.4 Å². The quantitative estimate of drug-likeness (QED) is 0.702. The molecule has 2 saturated heterocycles. The van der Waals surface area contributed by atoms with Crippen LogP contribution in [0.5, 0.6) is 0 Å². The van der Waals surface area contributed by atoms with Gasteiger partial charge in [-0.15, -0.1) is 0 Å². The lowest BCUT2D eigenvalue weighted by Gasteiger charge is -2.42. The van der Waals surface area contributed by atoms with Crippen molar-refractivity contribution in [2.45, 2.75) is 77.3 Å². The third-order valence-corrected chi connectivity index (χ3v) is 7.58. The summed E-state index contributed by atoms with van der Waals surface area (Å²) in [6.45, 7) is 7.96. The van der Waals surface area contributed by atoms with Gasteiger partial charge in [-0.3, -0.25) is 14.5 Å². The van der Waals surface area contributed by atoms with Crippen molar-refractivity contribution in [2.75, 3.05) is 26.7 Å². The molecule has 7 heteroatoms. The summed E-state index contributed by atoms with van der Waals surface area (Å²) in [5, 5.41) is 6.16. The fourth-order valence-corrected chi connectivity index (χ4v) is 5.01. The molecular weight excluding hydrogens is 356 g/mol. The molecule has 2 heterocycles. The first kappa shape index (κ1) is 21.1. The number of nitrogens with one attached hydrogen (secondary N) is 2. The number of hydrogen-bond acceptors (Lipinski definition) is 4. The molecule has 1 saturated carbocycles. The van der Waals surface area contributed by atoms with Gasteiger partial charge >= 0.3 is 6.03 Å². The molecule has 1 spiro atoms. The van der Waals surface area contributed by atoms with Gasteiger partial charge in [0.15, 0.2) is 0 Å². The van der Waals surface area contributed by atoms with Crippen LogP contribution >= 0.6 is 0 Å². The Morgan fingerprint density at radius 2 is 1.93 bits per heavy atom. The number of hydrogen-bond donors (Lipinski definition) is 2. The summed E-state index contributed by atoms with van der Waals surface area (Å²) in [4.78, 5) is 41.3. The highest BCUT2D eigenvalue weighted by Gasteiger charge is 2.54. The third kappa shape index (κ3) is 3.91. The number of carbonyl (C=O) groups is 3. The van der Waals surface area contributed by atoms with Gasteiger partial charge in [-0.1, -0.05) is 27.2 Å². The lowest BCUT2D eigenvalue weighted by Crippen LogP contribution is -2.52. The highest BCUT2D eigenvalue weighted by atomic mass is 16.2. The van der Waals surface area contributed by atoms with Crippen LogP contribution in [0.15, 0.2) is 0 Å². The van der Waals surface area contributed by atoms with E-state index in [-0.39, 0.29) is 29.8 Å². The summed E-state index contributed by atoms with van der Waals surface area (Å²) in [7, 11) is 1.90. The molecule has 158 valence electrons. The molecule has 0 aromatic rings. The predicted octanol–water partition coefficient (Wildman–Crippen LogP) is 2.11. The first-order chi connectivity index (χ1) is 13.2. The Bertz CT molecular complexity index is 625. The number of amides is 4. The number of nitrogens with zero attached hydrogens (tertiary/aromatic N) is 2. The Morgan fingerprint density at radius 1 is 1.25 bits per heavy atom. The van der Waals surface area contributed by atoms with E-state index in [1.54, 1.807) is 4.90 Å². The van der Waals surface area contributed by atoms with Crippen molar-refractivity contribution < 1.29 is 14.4 Å². The van der Waals surface area contributed by atoms with Crippen LogP contribution in [-0.2, 0) is 9.59 Å². The molecule has 0 aromatic heterocycles. The van der Waals surface area contributed by atoms with Crippen molar-refractivity contribution in [3.63, 3.8) is 0 Å². The monoisotopic (exact) mass is 392 g/mol. The lowest BCUT2D eigenvalue weighted by molar-refractivity contribution is -0.140. The minimum Gasteiger partial charge on any atom is -0.340 e. The Hall–Kier alpha value is -1.63. The highest BCUT2D eigenvalue weighted by molar-refractivity contribution is 6.09. The van der Waals surface area contributed by atoms with Crippen LogP contribution in [0.4, 0.5) is 4.79 Å². The molecule has 28 heavy (non-hydrogen) atoms. The van der Waals surface area contributed by atoms with Crippen LogP contribution in [0.2, 0.25) is 0 Å². The molecule has 3 aliphatic rings. The molecule has 2 N–H and O–H groups in total. The number of likely N-dealkylation sites (N-methyl/N-ethyl adjacent to an activating group) is 1. The van der Waals surface area contributed by atoms with Crippen LogP contribution in [-0.4, -0.2) is 65.9 Å². The summed E-state index contributed by atoms with van der Waals surface area (Å²) in [5.41, 5.74) is -0.547. The maximum absolute atomic E-state index is 13.1. The van der Waals surface area contributed by atoms with Crippen LogP contribution < -0.4 is 10.6 Å². The normalized spacial score (nSPS) is 31.4. The Morgan fingerprint density at radius 3 is 2.54 bits per heavy atom. The van der Waals surface area contributed by atoms with E-state index in [1.807, 2.05) is 7.05 Å². The van der Waals surface area contributed by atoms with Gasteiger partial charge in [0.1, 0.15) is 12.1 Å². The topological polar surface area (TPSA) is 81.8 Å². The van der Waals surface area contributed by atoms with Gasteiger partial charge in [-0.2, -0.15) is 0 Å². The zero-order valence-corrected chi connectivity index (χ0v) is 17.8. The molecule has 1 unspecified atom stereocenters. The van der Waals surface area contributed by atoms with Gasteiger partial charge in [0.2, 0.25) is 5.91 Å². The van der Waals surface area contributed by atoms with Crippen molar-refractivity contribution in [1.29, 1.82) is 0 Å². The highest BCUT2D eigenvalue weighted by Crippen LogP contribution is 2.45. The smallest absolute Gasteiger partial charge is 0.325 e. The maximum Gasteiger partial charge on any atom is 0.325 e. The molecule has 0 bridgehead atoms. The van der Waals surface area contributed by atoms with Gasteiger partial charge < -0.3 is 15.5 Å². The van der Waals surface area contributed by atoms with E-state index in [0.717, 1.165) is 37.0 Å². The standard InChI is InChI=1S/C21H36N4O3/c1-5-20(2,3)15-8-10-21(11-9-15)18(27)25(19(28)23-21)14-17(26)24-12-6-7-16(13-24)22-4/h15-16,22H,5-14H2,1-4H3,(H,23,28). The Labute approximate surface area is 168 Å². The van der Waals surface area contributed by atoms with Crippen molar-refractivity contribution >= 4 is 17.8 Å². The van der Waals surface area contributed by atoms with Crippen LogP contribution in [0.3, 0.4) is 0 Å². The second-order valence-electron chi connectivity index (χ2n) is 9.49. The second-order valence-corrected chi connectivity index (χ2v) is 9.49. The Balaban J connectivity index is 1.62. The van der Waals surface area contributed by atoms with Gasteiger partial charge in [0.05, 0.1) is 0 Å². The maximum atomic E-state index is 13.1. The van der Waals surface area contributed by atoms with E-state index in [4.69, 9.17) is 0 Å². The van der Waals surface area contributed by atoms with Crippen molar-refractivity contribution in [3.8, 4) is 0 Å². The molecule has 0 aromatic carbocycles. The minimum absolute atomic E-state index is 0.138. The van der Waals surface area contributed by atoms with Crippen LogP contribution in [0.25, 0.3) is 0 Å². The van der Waals surface area contributed by atoms with Crippen LogP contribution in [0, 0.1) is 11.3 Å². The molecule has 3 rings (SSSR count). The average Bonchev–Trinajstić information content (AvgIpc) is 2.92. The van der Waals surface area contributed by atoms with Gasteiger partial charge in [-0.05, 0) is 56.9 Å². The lowest BCUT2D eigenvalue weighted by atomic mass is 9.65. The zero-order valence-electron chi connectivity index (χ0n) is 17.8. The molecule has 3 fully saturated rings. The molecule has 1 atom stereocenters. The minimum atomic E-state index is -0.799. The molecule has 7 nitrogen and oxygen atoms in total. The number of rotatable bonds is 5. The molecule has 1 aliphatic carbocycles. The summed E-state index contributed by atoms with van der Waals surface area (Å²) < 4.78 is 0. The van der Waals surface area contributed by atoms with Gasteiger partial charge in [0, 0.05) is 19.1 Å². The number of carbonyl (C=O) groups excluding carboxylic acids is 3. The van der Waals surface area contributed by atoms with Gasteiger partial charge in [0.25, 0.3) is 5.91 Å². The van der Waals surface area contributed by atoms with E-state index >= 15 is 0 Å². The van der Waals surface area contributed by atoms with Gasteiger partial charge in [-0.25, -0.2) is 4.79 Å².